The summed E-state index contributed by atoms with van der Waals surface area (Å²) in [6.07, 6.45) is 3.87. The lowest BCUT2D eigenvalue weighted by atomic mass is 10.1. The molecule has 0 radical (unpaired) electrons. The van der Waals surface area contributed by atoms with Crippen LogP contribution in [0.15, 0.2) is 24.3 Å². The zero-order valence-electron chi connectivity index (χ0n) is 14.0. The number of hydrogen-bond donors (Lipinski definition) is 1. The molecule has 1 N–H and O–H groups in total. The summed E-state index contributed by atoms with van der Waals surface area (Å²) >= 11 is 0. The standard InChI is InChI=1S/C18H25N3O3/c22-17(20-8-2-1-3-9-20)14-15-4-6-16(7-5-15)19-18(23)21-10-12-24-13-11-21/h4-7H,1-3,8-14H2,(H,19,23). The highest BCUT2D eigenvalue weighted by Gasteiger charge is 2.18. The molecule has 0 aliphatic carbocycles. The number of amides is 3. The lowest BCUT2D eigenvalue weighted by molar-refractivity contribution is -0.131. The topological polar surface area (TPSA) is 61.9 Å². The Morgan fingerprint density at radius 3 is 2.25 bits per heavy atom. The third-order valence-electron chi connectivity index (χ3n) is 4.57. The fourth-order valence-corrected chi connectivity index (χ4v) is 3.10. The summed E-state index contributed by atoms with van der Waals surface area (Å²) in [5.74, 6) is 0.194. The molecule has 1 aromatic carbocycles. The fraction of sp³-hybridized carbons (Fsp3) is 0.556. The summed E-state index contributed by atoms with van der Waals surface area (Å²) in [6, 6.07) is 7.44. The molecular weight excluding hydrogens is 306 g/mol. The van der Waals surface area contributed by atoms with Gasteiger partial charge in [0.25, 0.3) is 0 Å². The van der Waals surface area contributed by atoms with Crippen LogP contribution in [0.3, 0.4) is 0 Å². The van der Waals surface area contributed by atoms with E-state index in [1.807, 2.05) is 29.2 Å². The van der Waals surface area contributed by atoms with Crippen molar-refractivity contribution in [3.8, 4) is 0 Å². The maximum atomic E-state index is 12.3. The number of carbonyl (C=O) groups is 2. The van der Waals surface area contributed by atoms with Crippen molar-refractivity contribution in [1.82, 2.24) is 9.80 Å². The van der Waals surface area contributed by atoms with E-state index in [1.165, 1.54) is 6.42 Å². The minimum Gasteiger partial charge on any atom is -0.378 e. The van der Waals surface area contributed by atoms with Crippen molar-refractivity contribution in [3.63, 3.8) is 0 Å². The number of hydrogen-bond acceptors (Lipinski definition) is 3. The number of rotatable bonds is 3. The van der Waals surface area contributed by atoms with Gasteiger partial charge in [-0.1, -0.05) is 12.1 Å². The molecule has 2 aliphatic heterocycles. The average molecular weight is 331 g/mol. The molecule has 0 spiro atoms. The van der Waals surface area contributed by atoms with E-state index in [0.717, 1.165) is 37.2 Å². The van der Waals surface area contributed by atoms with Gasteiger partial charge in [-0.15, -0.1) is 0 Å². The molecule has 0 aromatic heterocycles. The van der Waals surface area contributed by atoms with Crippen LogP contribution in [0, 0.1) is 0 Å². The molecule has 3 amide bonds. The van der Waals surface area contributed by atoms with E-state index in [2.05, 4.69) is 5.32 Å². The van der Waals surface area contributed by atoms with Gasteiger partial charge in [-0.3, -0.25) is 4.79 Å². The van der Waals surface area contributed by atoms with Crippen LogP contribution in [-0.4, -0.2) is 61.1 Å². The van der Waals surface area contributed by atoms with E-state index in [-0.39, 0.29) is 11.9 Å². The Bertz CT molecular complexity index is 510. The first-order valence-corrected chi connectivity index (χ1v) is 8.73. The average Bonchev–Trinajstić information content (AvgIpc) is 2.65. The van der Waals surface area contributed by atoms with Gasteiger partial charge in [0, 0.05) is 31.9 Å². The number of urea groups is 1. The molecule has 130 valence electrons. The Morgan fingerprint density at radius 1 is 0.917 bits per heavy atom. The number of nitrogens with one attached hydrogen (secondary N) is 1. The van der Waals surface area contributed by atoms with Gasteiger partial charge >= 0.3 is 6.03 Å². The normalized spacial score (nSPS) is 18.3. The molecule has 0 bridgehead atoms. The van der Waals surface area contributed by atoms with Crippen molar-refractivity contribution in [2.24, 2.45) is 0 Å². The third kappa shape index (κ3) is 4.47. The molecule has 3 rings (SSSR count). The summed E-state index contributed by atoms with van der Waals surface area (Å²) in [5, 5.41) is 2.89. The second-order valence-corrected chi connectivity index (χ2v) is 6.34. The fourth-order valence-electron chi connectivity index (χ4n) is 3.10. The highest BCUT2D eigenvalue weighted by atomic mass is 16.5. The maximum Gasteiger partial charge on any atom is 0.321 e. The number of ether oxygens (including phenoxy) is 1. The van der Waals surface area contributed by atoms with Crippen molar-refractivity contribution in [3.05, 3.63) is 29.8 Å². The number of piperidine rings is 1. The first-order valence-electron chi connectivity index (χ1n) is 8.73. The van der Waals surface area contributed by atoms with Gasteiger partial charge in [-0.05, 0) is 37.0 Å². The van der Waals surface area contributed by atoms with Crippen LogP contribution in [-0.2, 0) is 16.0 Å². The molecule has 1 aromatic rings. The number of anilines is 1. The number of nitrogens with zero attached hydrogens (tertiary/aromatic N) is 2. The van der Waals surface area contributed by atoms with Gasteiger partial charge in [0.05, 0.1) is 19.6 Å². The second kappa shape index (κ2) is 8.15. The van der Waals surface area contributed by atoms with E-state index >= 15 is 0 Å². The monoisotopic (exact) mass is 331 g/mol. The van der Waals surface area contributed by atoms with Gasteiger partial charge in [-0.2, -0.15) is 0 Å². The van der Waals surface area contributed by atoms with Gasteiger partial charge in [-0.25, -0.2) is 4.79 Å². The van der Waals surface area contributed by atoms with Crippen LogP contribution in [0.4, 0.5) is 10.5 Å². The number of likely N-dealkylation sites (tertiary alicyclic amines) is 1. The zero-order valence-corrected chi connectivity index (χ0v) is 14.0. The Morgan fingerprint density at radius 2 is 1.58 bits per heavy atom. The molecule has 2 fully saturated rings. The lowest BCUT2D eigenvalue weighted by Crippen LogP contribution is -2.43. The molecule has 0 atom stereocenters. The van der Waals surface area contributed by atoms with Crippen LogP contribution < -0.4 is 5.32 Å². The summed E-state index contributed by atoms with van der Waals surface area (Å²) < 4.78 is 5.25. The minimum atomic E-state index is -0.101. The van der Waals surface area contributed by atoms with Crippen LogP contribution in [0.2, 0.25) is 0 Å². The van der Waals surface area contributed by atoms with Crippen molar-refractivity contribution in [2.75, 3.05) is 44.7 Å². The van der Waals surface area contributed by atoms with Crippen LogP contribution in [0.1, 0.15) is 24.8 Å². The molecule has 2 heterocycles. The molecule has 0 unspecified atom stereocenters. The zero-order chi connectivity index (χ0) is 16.8. The largest absolute Gasteiger partial charge is 0.378 e. The summed E-state index contributed by atoms with van der Waals surface area (Å²) in [4.78, 5) is 28.1. The van der Waals surface area contributed by atoms with Gasteiger partial charge in [0.15, 0.2) is 0 Å². The Hall–Kier alpha value is -2.08. The van der Waals surface area contributed by atoms with Crippen molar-refractivity contribution in [1.29, 1.82) is 0 Å². The molecule has 6 nitrogen and oxygen atoms in total. The Kier molecular flexibility index (Phi) is 5.69. The Labute approximate surface area is 142 Å². The van der Waals surface area contributed by atoms with Gasteiger partial charge in [0.2, 0.25) is 5.91 Å². The molecule has 24 heavy (non-hydrogen) atoms. The van der Waals surface area contributed by atoms with E-state index in [1.54, 1.807) is 4.90 Å². The number of morpholine rings is 1. The Balaban J connectivity index is 1.51. The highest BCUT2D eigenvalue weighted by Crippen LogP contribution is 2.14. The third-order valence-corrected chi connectivity index (χ3v) is 4.57. The molecule has 0 saturated carbocycles. The predicted molar refractivity (Wildman–Crippen MR) is 92.0 cm³/mol. The van der Waals surface area contributed by atoms with E-state index in [0.29, 0.717) is 32.7 Å². The van der Waals surface area contributed by atoms with Crippen LogP contribution in [0.5, 0.6) is 0 Å². The molecular formula is C18H25N3O3. The van der Waals surface area contributed by atoms with Crippen molar-refractivity contribution in [2.45, 2.75) is 25.7 Å². The van der Waals surface area contributed by atoms with E-state index < -0.39 is 0 Å². The first kappa shape index (κ1) is 16.8. The molecule has 2 saturated heterocycles. The molecule has 2 aliphatic rings. The van der Waals surface area contributed by atoms with Crippen LogP contribution in [0.25, 0.3) is 0 Å². The number of benzene rings is 1. The molecule has 6 heteroatoms. The van der Waals surface area contributed by atoms with Crippen molar-refractivity contribution >= 4 is 17.6 Å². The van der Waals surface area contributed by atoms with Gasteiger partial charge in [0.1, 0.15) is 0 Å². The van der Waals surface area contributed by atoms with E-state index in [4.69, 9.17) is 4.74 Å². The smallest absolute Gasteiger partial charge is 0.321 e. The lowest BCUT2D eigenvalue weighted by Gasteiger charge is -2.27. The number of carbonyl (C=O) groups excluding carboxylic acids is 2. The predicted octanol–water partition coefficient (Wildman–Crippen LogP) is 2.11. The SMILES string of the molecule is O=C(Cc1ccc(NC(=O)N2CCOCC2)cc1)N1CCCCC1. The maximum absolute atomic E-state index is 12.3. The minimum absolute atomic E-state index is 0.101. The summed E-state index contributed by atoms with van der Waals surface area (Å²) in [7, 11) is 0. The van der Waals surface area contributed by atoms with Crippen LogP contribution >= 0.6 is 0 Å². The van der Waals surface area contributed by atoms with E-state index in [9.17, 15) is 9.59 Å². The highest BCUT2D eigenvalue weighted by molar-refractivity contribution is 5.89. The summed E-state index contributed by atoms with van der Waals surface area (Å²) in [5.41, 5.74) is 1.73. The van der Waals surface area contributed by atoms with Crippen molar-refractivity contribution < 1.29 is 14.3 Å². The second-order valence-electron chi connectivity index (χ2n) is 6.34. The summed E-state index contributed by atoms with van der Waals surface area (Å²) in [6.45, 7) is 4.18. The quantitative estimate of drug-likeness (QED) is 0.923. The van der Waals surface area contributed by atoms with Gasteiger partial charge < -0.3 is 19.9 Å². The first-order chi connectivity index (χ1) is 11.7.